The third-order valence-corrected chi connectivity index (χ3v) is 4.40. The lowest BCUT2D eigenvalue weighted by atomic mass is 10.2. The highest BCUT2D eigenvalue weighted by Crippen LogP contribution is 2.31. The van der Waals surface area contributed by atoms with Crippen LogP contribution in [-0.2, 0) is 11.3 Å². The first-order valence-corrected chi connectivity index (χ1v) is 8.94. The van der Waals surface area contributed by atoms with Gasteiger partial charge in [-0.05, 0) is 24.3 Å². The summed E-state index contributed by atoms with van der Waals surface area (Å²) in [7, 11) is 0. The maximum absolute atomic E-state index is 13.9. The first-order valence-electron chi connectivity index (χ1n) is 8.94. The Bertz CT molecular complexity index is 1090. The number of nitrogens with zero attached hydrogens (tertiary/aromatic N) is 1. The number of halogens is 1. The monoisotopic (exact) mass is 391 g/mol. The molecular formula is C21H18FN5O2. The minimum Gasteiger partial charge on any atom is -0.482 e. The number of fused-ring (bicyclic) bond motifs is 1. The molecule has 0 bridgehead atoms. The summed E-state index contributed by atoms with van der Waals surface area (Å²) in [5.41, 5.74) is 3.05. The molecule has 0 aliphatic carbocycles. The van der Waals surface area contributed by atoms with Gasteiger partial charge in [0.25, 0.3) is 5.91 Å². The molecule has 0 saturated carbocycles. The van der Waals surface area contributed by atoms with Gasteiger partial charge in [0.05, 0.1) is 5.69 Å². The van der Waals surface area contributed by atoms with E-state index in [4.69, 9.17) is 10.1 Å². The molecular weight excluding hydrogens is 373 g/mol. The van der Waals surface area contributed by atoms with Gasteiger partial charge in [-0.1, -0.05) is 18.2 Å². The minimum absolute atomic E-state index is 0.00343. The lowest BCUT2D eigenvalue weighted by Crippen LogP contribution is -2.25. The third-order valence-electron chi connectivity index (χ3n) is 4.40. The zero-order chi connectivity index (χ0) is 20.2. The summed E-state index contributed by atoms with van der Waals surface area (Å²) in [6.07, 6.45) is 2.74. The molecule has 1 aliphatic heterocycles. The number of hydrogen-bond acceptors (Lipinski definition) is 6. The van der Waals surface area contributed by atoms with Crippen molar-refractivity contribution in [2.24, 2.45) is 0 Å². The van der Waals surface area contributed by atoms with E-state index in [9.17, 15) is 9.18 Å². The van der Waals surface area contributed by atoms with Crippen LogP contribution in [0.4, 0.5) is 27.3 Å². The standard InChI is InChI=1S/C21H18FN5O2/c22-16-4-2-1-3-13(16)10-24-17-8-20(25-11-14(17)9-23)26-15-5-6-19-18(7-15)27-21(28)12-29-19/h1-9,11,23H,10,12H2,(H,27,28)(H2,24,25,26). The Labute approximate surface area is 166 Å². The van der Waals surface area contributed by atoms with E-state index >= 15 is 0 Å². The van der Waals surface area contributed by atoms with Gasteiger partial charge in [0, 0.05) is 47.5 Å². The van der Waals surface area contributed by atoms with Crippen molar-refractivity contribution in [2.45, 2.75) is 6.54 Å². The maximum atomic E-state index is 13.9. The highest BCUT2D eigenvalue weighted by molar-refractivity contribution is 5.96. The van der Waals surface area contributed by atoms with E-state index in [1.807, 2.05) is 6.07 Å². The van der Waals surface area contributed by atoms with Crippen LogP contribution in [0.1, 0.15) is 11.1 Å². The van der Waals surface area contributed by atoms with Crippen molar-refractivity contribution in [1.29, 1.82) is 5.41 Å². The summed E-state index contributed by atoms with van der Waals surface area (Å²) in [5, 5.41) is 16.6. The maximum Gasteiger partial charge on any atom is 0.262 e. The normalized spacial score (nSPS) is 12.4. The summed E-state index contributed by atoms with van der Waals surface area (Å²) < 4.78 is 19.2. The minimum atomic E-state index is -0.290. The Morgan fingerprint density at radius 2 is 2.10 bits per heavy atom. The molecule has 7 nitrogen and oxygen atoms in total. The fourth-order valence-electron chi connectivity index (χ4n) is 2.94. The second-order valence-electron chi connectivity index (χ2n) is 6.42. The van der Waals surface area contributed by atoms with Crippen LogP contribution < -0.4 is 20.7 Å². The van der Waals surface area contributed by atoms with Crippen LogP contribution in [0.15, 0.2) is 54.7 Å². The largest absolute Gasteiger partial charge is 0.482 e. The molecule has 4 N–H and O–H groups in total. The van der Waals surface area contributed by atoms with Crippen LogP contribution in [0, 0.1) is 11.2 Å². The molecule has 2 heterocycles. The highest BCUT2D eigenvalue weighted by atomic mass is 19.1. The van der Waals surface area contributed by atoms with Gasteiger partial charge in [-0.25, -0.2) is 9.37 Å². The Balaban J connectivity index is 1.53. The number of carbonyl (C=O) groups excluding carboxylic acids is 1. The van der Waals surface area contributed by atoms with Gasteiger partial charge < -0.3 is 26.1 Å². The summed E-state index contributed by atoms with van der Waals surface area (Å²) in [6, 6.07) is 13.6. The molecule has 2 aromatic carbocycles. The van der Waals surface area contributed by atoms with Gasteiger partial charge in [0.2, 0.25) is 0 Å². The van der Waals surface area contributed by atoms with Crippen LogP contribution in [0.3, 0.4) is 0 Å². The predicted octanol–water partition coefficient (Wildman–Crippen LogP) is 3.90. The first kappa shape index (κ1) is 18.4. The Morgan fingerprint density at radius 3 is 2.93 bits per heavy atom. The van der Waals surface area contributed by atoms with E-state index in [0.717, 1.165) is 0 Å². The number of amides is 1. The molecule has 0 saturated heterocycles. The van der Waals surface area contributed by atoms with Crippen LogP contribution >= 0.6 is 0 Å². The fraction of sp³-hybridized carbons (Fsp3) is 0.0952. The Morgan fingerprint density at radius 1 is 1.24 bits per heavy atom. The quantitative estimate of drug-likeness (QED) is 0.478. The zero-order valence-corrected chi connectivity index (χ0v) is 15.3. The van der Waals surface area contributed by atoms with E-state index in [1.165, 1.54) is 12.3 Å². The summed E-state index contributed by atoms with van der Waals surface area (Å²) >= 11 is 0. The van der Waals surface area contributed by atoms with Crippen molar-refractivity contribution < 1.29 is 13.9 Å². The Kier molecular flexibility index (Phi) is 5.07. The van der Waals surface area contributed by atoms with E-state index in [1.54, 1.807) is 42.6 Å². The van der Waals surface area contributed by atoms with Crippen molar-refractivity contribution in [3.05, 3.63) is 71.7 Å². The summed E-state index contributed by atoms with van der Waals surface area (Å²) in [5.74, 6) is 0.647. The van der Waals surface area contributed by atoms with Crippen molar-refractivity contribution in [3.63, 3.8) is 0 Å². The molecule has 146 valence electrons. The number of anilines is 4. The van der Waals surface area contributed by atoms with E-state index < -0.39 is 0 Å². The fourth-order valence-corrected chi connectivity index (χ4v) is 2.94. The summed E-state index contributed by atoms with van der Waals surface area (Å²) in [6.45, 7) is 0.280. The van der Waals surface area contributed by atoms with Crippen molar-refractivity contribution in [2.75, 3.05) is 22.6 Å². The molecule has 0 spiro atoms. The van der Waals surface area contributed by atoms with Crippen LogP contribution in [0.2, 0.25) is 0 Å². The molecule has 0 radical (unpaired) electrons. The first-order chi connectivity index (χ1) is 14.1. The van der Waals surface area contributed by atoms with E-state index in [-0.39, 0.29) is 24.9 Å². The number of nitrogens with one attached hydrogen (secondary N) is 4. The topological polar surface area (TPSA) is 99.1 Å². The lowest BCUT2D eigenvalue weighted by molar-refractivity contribution is -0.118. The van der Waals surface area contributed by atoms with Crippen molar-refractivity contribution in [3.8, 4) is 5.75 Å². The second kappa shape index (κ2) is 7.97. The number of hydrogen-bond donors (Lipinski definition) is 4. The number of rotatable bonds is 6. The molecule has 1 amide bonds. The highest BCUT2D eigenvalue weighted by Gasteiger charge is 2.16. The zero-order valence-electron chi connectivity index (χ0n) is 15.3. The molecule has 0 unspecified atom stereocenters. The van der Waals surface area contributed by atoms with Crippen LogP contribution in [0.25, 0.3) is 0 Å². The SMILES string of the molecule is N=Cc1cnc(Nc2ccc3c(c2)NC(=O)CO3)cc1NCc1ccccc1F. The van der Waals surface area contributed by atoms with Gasteiger partial charge in [0.1, 0.15) is 17.4 Å². The van der Waals surface area contributed by atoms with E-state index in [0.29, 0.717) is 39.8 Å². The molecule has 1 aromatic heterocycles. The molecule has 3 aromatic rings. The van der Waals surface area contributed by atoms with Gasteiger partial charge in [-0.15, -0.1) is 0 Å². The Hall–Kier alpha value is -3.94. The molecule has 8 heteroatoms. The molecule has 29 heavy (non-hydrogen) atoms. The van der Waals surface area contributed by atoms with Gasteiger partial charge in [0.15, 0.2) is 6.61 Å². The second-order valence-corrected chi connectivity index (χ2v) is 6.42. The number of benzene rings is 2. The molecule has 0 fully saturated rings. The third kappa shape index (κ3) is 4.16. The smallest absolute Gasteiger partial charge is 0.262 e. The average Bonchev–Trinajstić information content (AvgIpc) is 2.73. The van der Waals surface area contributed by atoms with Crippen molar-refractivity contribution in [1.82, 2.24) is 4.98 Å². The number of aromatic nitrogens is 1. The number of ether oxygens (including phenoxy) is 1. The molecule has 0 atom stereocenters. The van der Waals surface area contributed by atoms with Gasteiger partial charge in [-0.2, -0.15) is 0 Å². The van der Waals surface area contributed by atoms with E-state index in [2.05, 4.69) is 20.9 Å². The number of pyridine rings is 1. The van der Waals surface area contributed by atoms with Crippen molar-refractivity contribution >= 4 is 35.0 Å². The molecule has 1 aliphatic rings. The predicted molar refractivity (Wildman–Crippen MR) is 110 cm³/mol. The average molecular weight is 391 g/mol. The van der Waals surface area contributed by atoms with Gasteiger partial charge in [-0.3, -0.25) is 4.79 Å². The van der Waals surface area contributed by atoms with Crippen LogP contribution in [0.5, 0.6) is 5.75 Å². The molecule has 4 rings (SSSR count). The van der Waals surface area contributed by atoms with Crippen LogP contribution in [-0.4, -0.2) is 23.7 Å². The van der Waals surface area contributed by atoms with Gasteiger partial charge >= 0.3 is 0 Å². The summed E-state index contributed by atoms with van der Waals surface area (Å²) in [4.78, 5) is 15.8. The lowest BCUT2D eigenvalue weighted by Gasteiger charge is -2.19. The number of carbonyl (C=O) groups is 1.